The number of aryl methyl sites for hydroxylation is 2. The van der Waals surface area contributed by atoms with E-state index in [1.54, 1.807) is 17.8 Å². The van der Waals surface area contributed by atoms with Crippen molar-refractivity contribution in [3.05, 3.63) is 76.5 Å². The molecule has 13 nitrogen and oxygen atoms in total. The fraction of sp³-hybridized carbons (Fsp3) is 0.543. The van der Waals surface area contributed by atoms with Crippen LogP contribution in [0.4, 0.5) is 19.1 Å². The largest absolute Gasteiger partial charge is 0.390 e. The Morgan fingerprint density at radius 1 is 0.871 bits per heavy atom. The molecule has 1 aliphatic carbocycles. The topological polar surface area (TPSA) is 132 Å². The second kappa shape index (κ2) is 19.5. The van der Waals surface area contributed by atoms with Crippen molar-refractivity contribution < 1.29 is 27.5 Å². The minimum absolute atomic E-state index is 0.217. The number of nitrogens with zero attached hydrogens (tertiary/aromatic N) is 7. The summed E-state index contributed by atoms with van der Waals surface area (Å²) in [5, 5.41) is 6.04. The first-order valence-electron chi connectivity index (χ1n) is 22.3. The number of imide groups is 1. The average molecular weight is 858 g/mol. The van der Waals surface area contributed by atoms with Gasteiger partial charge in [-0.25, -0.2) is 9.78 Å². The number of unbranched alkanes of at least 4 members (excludes halogenated alkanes) is 1. The predicted octanol–water partition coefficient (Wildman–Crippen LogP) is 7.15. The molecule has 0 unspecified atom stereocenters. The van der Waals surface area contributed by atoms with Crippen LogP contribution in [-0.4, -0.2) is 104 Å². The Morgan fingerprint density at radius 3 is 2.37 bits per heavy atom. The number of rotatable bonds is 17. The maximum absolute atomic E-state index is 13.1. The zero-order chi connectivity index (χ0) is 43.2. The standard InChI is InChI=1S/C46H58F3N9O4/c1-54-40-28-32(13-16-38(40)58(45(54)61)39-17-18-41(59)52-43(39)60)8-7-27-62-26-6-5-21-55-22-24-56(25-23-55)30-33-11-14-34(15-12-33)37-31-57(35-9-3-2-4-10-35)42-36(37)29-51-44(53-42)50-20-19-46(47,48)49/h11-16,28-29,31,35,39H,2-10,17-27,30H2,1H3,(H,50,51,53)(H,52,59,60)/t39-/m0/s1. The van der Waals surface area contributed by atoms with Gasteiger partial charge in [-0.1, -0.05) is 49.6 Å². The number of anilines is 1. The molecule has 2 saturated heterocycles. The highest BCUT2D eigenvalue weighted by Crippen LogP contribution is 2.37. The Kier molecular flexibility index (Phi) is 13.7. The van der Waals surface area contributed by atoms with Gasteiger partial charge in [0.15, 0.2) is 0 Å². The number of benzene rings is 2. The fourth-order valence-corrected chi connectivity index (χ4v) is 9.33. The summed E-state index contributed by atoms with van der Waals surface area (Å²) < 4.78 is 49.6. The average Bonchev–Trinajstić information content (AvgIpc) is 3.76. The summed E-state index contributed by atoms with van der Waals surface area (Å²) in [5.41, 5.74) is 6.48. The van der Waals surface area contributed by atoms with Crippen molar-refractivity contribution in [3.63, 3.8) is 0 Å². The molecule has 0 bridgehead atoms. The van der Waals surface area contributed by atoms with Crippen molar-refractivity contribution in [1.29, 1.82) is 0 Å². The summed E-state index contributed by atoms with van der Waals surface area (Å²) in [6.45, 7) is 7.21. The van der Waals surface area contributed by atoms with E-state index in [0.29, 0.717) is 24.6 Å². The van der Waals surface area contributed by atoms with Crippen molar-refractivity contribution in [2.24, 2.45) is 7.05 Å². The highest BCUT2D eigenvalue weighted by molar-refractivity contribution is 6.00. The van der Waals surface area contributed by atoms with Gasteiger partial charge in [0.1, 0.15) is 11.7 Å². The minimum atomic E-state index is -4.24. The lowest BCUT2D eigenvalue weighted by Gasteiger charge is -2.34. The second-order valence-corrected chi connectivity index (χ2v) is 17.2. The van der Waals surface area contributed by atoms with Crippen LogP contribution < -0.4 is 16.3 Å². The molecule has 3 fully saturated rings. The lowest BCUT2D eigenvalue weighted by atomic mass is 9.95. The van der Waals surface area contributed by atoms with E-state index >= 15 is 0 Å². The molecular weight excluding hydrogens is 800 g/mol. The zero-order valence-corrected chi connectivity index (χ0v) is 35.6. The van der Waals surface area contributed by atoms with Crippen LogP contribution in [-0.2, 0) is 34.3 Å². The summed E-state index contributed by atoms with van der Waals surface area (Å²) in [4.78, 5) is 51.4. The van der Waals surface area contributed by atoms with Gasteiger partial charge >= 0.3 is 11.9 Å². The van der Waals surface area contributed by atoms with E-state index in [-0.39, 0.29) is 30.5 Å². The molecular formula is C46H58F3N9O4. The molecule has 2 aliphatic heterocycles. The van der Waals surface area contributed by atoms with Crippen LogP contribution in [0, 0.1) is 0 Å². The molecule has 3 aliphatic rings. The molecule has 5 heterocycles. The highest BCUT2D eigenvalue weighted by Gasteiger charge is 2.31. The third kappa shape index (κ3) is 10.4. The fourth-order valence-electron chi connectivity index (χ4n) is 9.33. The number of aromatic nitrogens is 5. The lowest BCUT2D eigenvalue weighted by Crippen LogP contribution is -2.46. The molecule has 1 saturated carbocycles. The molecule has 62 heavy (non-hydrogen) atoms. The second-order valence-electron chi connectivity index (χ2n) is 17.2. The molecule has 2 amide bonds. The highest BCUT2D eigenvalue weighted by atomic mass is 19.4. The number of hydrogen-bond donors (Lipinski definition) is 2. The number of amides is 2. The van der Waals surface area contributed by atoms with Gasteiger partial charge in [-0.3, -0.25) is 28.9 Å². The van der Waals surface area contributed by atoms with E-state index in [9.17, 15) is 27.6 Å². The van der Waals surface area contributed by atoms with Gasteiger partial charge in [-0.15, -0.1) is 0 Å². The predicted molar refractivity (Wildman–Crippen MR) is 233 cm³/mol. The number of piperidine rings is 1. The third-order valence-electron chi connectivity index (χ3n) is 12.8. The van der Waals surface area contributed by atoms with Crippen molar-refractivity contribution in [2.75, 3.05) is 57.8 Å². The van der Waals surface area contributed by atoms with Crippen LogP contribution in [0.1, 0.15) is 93.8 Å². The van der Waals surface area contributed by atoms with Crippen LogP contribution in [0.25, 0.3) is 33.2 Å². The molecule has 2 aromatic carbocycles. The van der Waals surface area contributed by atoms with E-state index in [1.807, 2.05) is 18.2 Å². The van der Waals surface area contributed by atoms with Gasteiger partial charge in [-0.05, 0) is 80.3 Å². The number of carbonyl (C=O) groups is 2. The van der Waals surface area contributed by atoms with E-state index in [0.717, 1.165) is 130 Å². The van der Waals surface area contributed by atoms with Crippen molar-refractivity contribution in [1.82, 2.24) is 38.8 Å². The minimum Gasteiger partial charge on any atom is -0.381 e. The van der Waals surface area contributed by atoms with E-state index < -0.39 is 24.5 Å². The van der Waals surface area contributed by atoms with E-state index in [1.165, 1.54) is 16.6 Å². The lowest BCUT2D eigenvalue weighted by molar-refractivity contribution is -0.136. The first-order chi connectivity index (χ1) is 30.0. The molecule has 8 rings (SSSR count). The van der Waals surface area contributed by atoms with Crippen molar-refractivity contribution >= 4 is 39.8 Å². The van der Waals surface area contributed by atoms with Gasteiger partial charge in [-0.2, -0.15) is 18.2 Å². The van der Waals surface area contributed by atoms with Crippen LogP contribution in [0.2, 0.25) is 0 Å². The van der Waals surface area contributed by atoms with Crippen LogP contribution in [0.5, 0.6) is 0 Å². The maximum Gasteiger partial charge on any atom is 0.390 e. The summed E-state index contributed by atoms with van der Waals surface area (Å²) >= 11 is 0. The summed E-state index contributed by atoms with van der Waals surface area (Å²) in [7, 11) is 1.71. The van der Waals surface area contributed by atoms with E-state index in [2.05, 4.69) is 60.4 Å². The number of carbonyl (C=O) groups excluding carboxylic acids is 2. The molecule has 2 N–H and O–H groups in total. The first kappa shape index (κ1) is 43.6. The molecule has 5 aromatic rings. The number of imidazole rings is 1. The number of ether oxygens (including phenoxy) is 1. The Bertz CT molecular complexity index is 2390. The molecule has 16 heteroatoms. The Hall–Kier alpha value is -5.06. The smallest absolute Gasteiger partial charge is 0.381 e. The number of alkyl halides is 3. The Labute approximate surface area is 359 Å². The number of hydrogen-bond acceptors (Lipinski definition) is 9. The Morgan fingerprint density at radius 2 is 1.61 bits per heavy atom. The zero-order valence-electron chi connectivity index (χ0n) is 35.6. The van der Waals surface area contributed by atoms with Crippen molar-refractivity contribution in [2.45, 2.75) is 102 Å². The Balaban J connectivity index is 0.748. The monoisotopic (exact) mass is 857 g/mol. The van der Waals surface area contributed by atoms with Crippen LogP contribution in [0.3, 0.4) is 0 Å². The van der Waals surface area contributed by atoms with Gasteiger partial charge in [0.25, 0.3) is 0 Å². The van der Waals surface area contributed by atoms with Crippen LogP contribution >= 0.6 is 0 Å². The quantitative estimate of drug-likeness (QED) is 0.0740. The summed E-state index contributed by atoms with van der Waals surface area (Å²) in [6.07, 6.45) is 8.74. The molecule has 0 radical (unpaired) electrons. The van der Waals surface area contributed by atoms with Gasteiger partial charge < -0.3 is 19.5 Å². The van der Waals surface area contributed by atoms with Gasteiger partial charge in [0.05, 0.1) is 17.5 Å². The van der Waals surface area contributed by atoms with Gasteiger partial charge in [0, 0.05) is 95.3 Å². The summed E-state index contributed by atoms with van der Waals surface area (Å²) in [6, 6.07) is 14.3. The van der Waals surface area contributed by atoms with Gasteiger partial charge in [0.2, 0.25) is 17.8 Å². The first-order valence-corrected chi connectivity index (χ1v) is 22.3. The number of fused-ring (bicyclic) bond motifs is 2. The number of halogens is 3. The SMILES string of the molecule is Cn1c(=O)n([C@H]2CCC(=O)NC2=O)c2ccc(CCCOCCCCN3CCN(Cc4ccc(-c5cn(C6CCCCC6)c6nc(NCCC(F)(F)F)ncc56)cc4)CC3)cc21. The van der Waals surface area contributed by atoms with E-state index in [4.69, 9.17) is 9.72 Å². The van der Waals surface area contributed by atoms with Crippen molar-refractivity contribution in [3.8, 4) is 11.1 Å². The number of piperazine rings is 1. The normalized spacial score (nSPS) is 18.5. The molecule has 1 atom stereocenters. The molecule has 0 spiro atoms. The molecule has 332 valence electrons. The third-order valence-corrected chi connectivity index (χ3v) is 12.8. The summed E-state index contributed by atoms with van der Waals surface area (Å²) in [5.74, 6) is -0.505. The maximum atomic E-state index is 13.1. The number of nitrogens with one attached hydrogen (secondary N) is 2. The molecule has 3 aromatic heterocycles. The van der Waals surface area contributed by atoms with Crippen LogP contribution in [0.15, 0.2) is 59.7 Å².